The van der Waals surface area contributed by atoms with Crippen LogP contribution in [0.2, 0.25) is 0 Å². The molecular formula is C59H58F4N8O8. The fourth-order valence-electron chi connectivity index (χ4n) is 12.6. The topological polar surface area (TPSA) is 179 Å². The van der Waals surface area contributed by atoms with Gasteiger partial charge in [0.25, 0.3) is 0 Å². The van der Waals surface area contributed by atoms with Crippen LogP contribution in [-0.4, -0.2) is 69.3 Å². The SMILES string of the molecule is C=C1N=C(c2ccc(N3C4CCC3CC(OCc3c(-c5ccccc5C)noc3C3CC3)C4)cc2F)NO1.O=c1[nH]c(-c2ccc(N3C4CCC3CC(OCc3c(-c5ccccc5OC(F)F)noc3C3CC3)C4)cc2F)no1. The summed E-state index contributed by atoms with van der Waals surface area (Å²) in [6.45, 7) is 3.54. The Morgan fingerprint density at radius 2 is 1.16 bits per heavy atom. The third-order valence-electron chi connectivity index (χ3n) is 16.6. The molecule has 0 amide bonds. The number of para-hydroxylation sites is 1. The van der Waals surface area contributed by atoms with Gasteiger partial charge in [-0.15, -0.1) is 0 Å². The van der Waals surface area contributed by atoms with Gasteiger partial charge in [-0.1, -0.05) is 51.9 Å². The molecule has 7 aromatic rings. The lowest BCUT2D eigenvalue weighted by Gasteiger charge is -2.40. The maximum absolute atomic E-state index is 15.1. The number of amidine groups is 1. The van der Waals surface area contributed by atoms with Gasteiger partial charge in [0.05, 0.1) is 36.5 Å². The van der Waals surface area contributed by atoms with E-state index in [1.54, 1.807) is 36.4 Å². The summed E-state index contributed by atoms with van der Waals surface area (Å²) in [5, 5.41) is 12.3. The van der Waals surface area contributed by atoms with Crippen molar-refractivity contribution in [2.24, 2.45) is 4.99 Å². The highest BCUT2D eigenvalue weighted by atomic mass is 19.3. The maximum Gasteiger partial charge on any atom is 0.439 e. The molecule has 4 atom stereocenters. The summed E-state index contributed by atoms with van der Waals surface area (Å²) < 4.78 is 90.1. The highest BCUT2D eigenvalue weighted by Gasteiger charge is 2.44. The van der Waals surface area contributed by atoms with Gasteiger partial charge in [-0.25, -0.2) is 19.1 Å². The number of H-pyrrole nitrogens is 1. The number of anilines is 2. The third kappa shape index (κ3) is 10.3. The van der Waals surface area contributed by atoms with E-state index in [-0.39, 0.29) is 65.7 Å². The van der Waals surface area contributed by atoms with Crippen molar-refractivity contribution in [3.05, 3.63) is 153 Å². The van der Waals surface area contributed by atoms with E-state index in [0.29, 0.717) is 47.3 Å². The van der Waals surface area contributed by atoms with Crippen molar-refractivity contribution >= 4 is 17.2 Å². The Hall–Kier alpha value is -7.71. The number of hydroxylamine groups is 1. The second kappa shape index (κ2) is 21.2. The number of alkyl halides is 2. The summed E-state index contributed by atoms with van der Waals surface area (Å²) in [5.74, 6) is 1.57. The van der Waals surface area contributed by atoms with Gasteiger partial charge in [0.1, 0.15) is 40.3 Å². The van der Waals surface area contributed by atoms with Crippen molar-refractivity contribution in [2.75, 3.05) is 9.80 Å². The van der Waals surface area contributed by atoms with Gasteiger partial charge in [-0.3, -0.25) is 9.51 Å². The molecule has 2 saturated carbocycles. The number of fused-ring (bicyclic) bond motifs is 4. The lowest BCUT2D eigenvalue weighted by molar-refractivity contribution is -0.0494. The van der Waals surface area contributed by atoms with Crippen LogP contribution in [0.15, 0.2) is 121 Å². The Labute approximate surface area is 451 Å². The minimum atomic E-state index is -2.96. The van der Waals surface area contributed by atoms with Crippen LogP contribution in [0, 0.1) is 18.6 Å². The molecule has 79 heavy (non-hydrogen) atoms. The Balaban J connectivity index is 0.000000150. The van der Waals surface area contributed by atoms with E-state index >= 15 is 4.39 Å². The molecule has 3 aromatic heterocycles. The second-order valence-electron chi connectivity index (χ2n) is 21.7. The Morgan fingerprint density at radius 3 is 1.65 bits per heavy atom. The first-order valence-electron chi connectivity index (χ1n) is 27.2. The van der Waals surface area contributed by atoms with Crippen LogP contribution in [0.4, 0.5) is 28.9 Å². The lowest BCUT2D eigenvalue weighted by Crippen LogP contribution is -2.45. The van der Waals surface area contributed by atoms with Gasteiger partial charge >= 0.3 is 12.4 Å². The molecule has 6 fully saturated rings. The van der Waals surface area contributed by atoms with Crippen LogP contribution < -0.4 is 25.8 Å². The molecule has 2 aliphatic carbocycles. The van der Waals surface area contributed by atoms with Crippen molar-refractivity contribution in [1.29, 1.82) is 0 Å². The average Bonchev–Trinajstić information content (AvgIpc) is 4.32. The zero-order chi connectivity index (χ0) is 53.9. The van der Waals surface area contributed by atoms with E-state index in [1.165, 1.54) is 17.7 Å². The molecule has 8 heterocycles. The smallest absolute Gasteiger partial charge is 0.434 e. The molecular weight excluding hydrogens is 1020 g/mol. The van der Waals surface area contributed by atoms with Crippen molar-refractivity contribution in [1.82, 2.24) is 25.9 Å². The highest BCUT2D eigenvalue weighted by Crippen LogP contribution is 2.48. The minimum absolute atomic E-state index is 0.0320. The zero-order valence-electron chi connectivity index (χ0n) is 43.3. The van der Waals surface area contributed by atoms with Crippen LogP contribution in [0.5, 0.6) is 5.75 Å². The molecule has 7 aliphatic rings. The molecule has 20 heteroatoms. The molecule has 4 unspecified atom stereocenters. The monoisotopic (exact) mass is 1080 g/mol. The van der Waals surface area contributed by atoms with E-state index < -0.39 is 18.2 Å². The number of rotatable bonds is 16. The van der Waals surface area contributed by atoms with Crippen LogP contribution >= 0.6 is 0 Å². The van der Waals surface area contributed by atoms with Gasteiger partial charge in [-0.05, 0) is 145 Å². The summed E-state index contributed by atoms with van der Waals surface area (Å²) in [7, 11) is 0. The van der Waals surface area contributed by atoms with Gasteiger partial charge in [0.2, 0.25) is 5.88 Å². The summed E-state index contributed by atoms with van der Waals surface area (Å²) in [5.41, 5.74) is 10.8. The molecule has 4 aromatic carbocycles. The first-order chi connectivity index (χ1) is 38.5. The minimum Gasteiger partial charge on any atom is -0.434 e. The maximum atomic E-state index is 15.1. The second-order valence-corrected chi connectivity index (χ2v) is 21.7. The number of nitrogens with zero attached hydrogens (tertiary/aromatic N) is 6. The molecule has 410 valence electrons. The zero-order valence-corrected chi connectivity index (χ0v) is 43.3. The van der Waals surface area contributed by atoms with E-state index in [4.69, 9.17) is 28.1 Å². The summed E-state index contributed by atoms with van der Waals surface area (Å²) >= 11 is 0. The molecule has 4 bridgehead atoms. The molecule has 5 aliphatic heterocycles. The fourth-order valence-corrected chi connectivity index (χ4v) is 12.6. The number of aliphatic imine (C=N–C) groups is 1. The number of benzene rings is 4. The molecule has 2 N–H and O–H groups in total. The summed E-state index contributed by atoms with van der Waals surface area (Å²) in [4.78, 5) is 27.5. The Kier molecular flexibility index (Phi) is 13.6. The fraction of sp³-hybridized carbons (Fsp3) is 0.407. The first-order valence-corrected chi connectivity index (χ1v) is 27.2. The van der Waals surface area contributed by atoms with E-state index in [9.17, 15) is 18.0 Å². The van der Waals surface area contributed by atoms with Crippen molar-refractivity contribution in [3.63, 3.8) is 0 Å². The molecule has 4 saturated heterocycles. The number of aryl methyl sites for hydroxylation is 1. The number of aromatic amines is 1. The van der Waals surface area contributed by atoms with Gasteiger partial charge in [0.15, 0.2) is 11.7 Å². The molecule has 16 nitrogen and oxygen atoms in total. The molecule has 0 radical (unpaired) electrons. The van der Waals surface area contributed by atoms with Crippen LogP contribution in [0.1, 0.15) is 123 Å². The van der Waals surface area contributed by atoms with Gasteiger partial charge in [-0.2, -0.15) is 13.8 Å². The normalized spacial score (nSPS) is 23.2. The largest absolute Gasteiger partial charge is 0.439 e. The van der Waals surface area contributed by atoms with Crippen LogP contribution in [0.3, 0.4) is 0 Å². The van der Waals surface area contributed by atoms with Crippen LogP contribution in [-0.2, 0) is 27.5 Å². The van der Waals surface area contributed by atoms with Crippen molar-refractivity contribution < 1.29 is 50.2 Å². The Bertz CT molecular complexity index is 3470. The van der Waals surface area contributed by atoms with Gasteiger partial charge < -0.3 is 37.9 Å². The predicted octanol–water partition coefficient (Wildman–Crippen LogP) is 12.2. The average molecular weight is 1080 g/mol. The standard InChI is InChI=1S/C30H31FN4O3.C29H27F3N4O5/c1-17-5-3-4-6-24(17)28-26(29(38-33-28)19-7-8-19)16-36-23-13-20-9-10-21(14-23)35(20)22-11-12-25(27(31)15-22)30-32-18(2)37-34-30;30-23-13-18(9-10-20(23)27-33-29(37)41-35-27)36-16-7-8-17(36)12-19(11-16)38-14-22-25(34-40-26(22)15-5-6-15)21-3-1-2-4-24(21)39-28(31)32/h3-6,11-12,15,19-21,23H,2,7-10,13-14,16H2,1H3,(H,32,34);1-4,9-10,13,15-17,19,28H,5-8,11-12,14H2,(H,33,35,37). The van der Waals surface area contributed by atoms with Gasteiger partial charge in [0, 0.05) is 69.6 Å². The number of halogens is 4. The number of hydrogen-bond donors (Lipinski definition) is 2. The third-order valence-corrected chi connectivity index (χ3v) is 16.6. The van der Waals surface area contributed by atoms with Crippen molar-refractivity contribution in [2.45, 2.75) is 152 Å². The number of nitrogens with one attached hydrogen (secondary N) is 2. The first kappa shape index (κ1) is 50.8. The highest BCUT2D eigenvalue weighted by molar-refractivity contribution is 6.00. The van der Waals surface area contributed by atoms with E-state index in [2.05, 4.69) is 70.9 Å². The van der Waals surface area contributed by atoms with E-state index in [0.717, 1.165) is 122 Å². The Morgan fingerprint density at radius 1 is 0.646 bits per heavy atom. The molecule has 0 spiro atoms. The number of ether oxygens (including phenoxy) is 3. The van der Waals surface area contributed by atoms with E-state index in [1.807, 2.05) is 24.3 Å². The summed E-state index contributed by atoms with van der Waals surface area (Å²) in [6, 6.07) is 26.2. The van der Waals surface area contributed by atoms with Crippen LogP contribution in [0.25, 0.3) is 33.9 Å². The number of aromatic nitrogens is 4. The summed E-state index contributed by atoms with van der Waals surface area (Å²) in [6.07, 6.45) is 11.9. The lowest BCUT2D eigenvalue weighted by atomic mass is 9.97. The quantitative estimate of drug-likeness (QED) is 0.0873. The predicted molar refractivity (Wildman–Crippen MR) is 282 cm³/mol. The number of hydrogen-bond acceptors (Lipinski definition) is 15. The number of piperidine rings is 2. The van der Waals surface area contributed by atoms with Crippen molar-refractivity contribution in [3.8, 4) is 39.7 Å². The molecule has 14 rings (SSSR count).